The fourth-order valence-electron chi connectivity index (χ4n) is 3.34. The third kappa shape index (κ3) is 3.44. The van der Waals surface area contributed by atoms with Gasteiger partial charge in [-0.15, -0.1) is 0 Å². The van der Waals surface area contributed by atoms with Crippen LogP contribution in [0, 0.1) is 0 Å². The van der Waals surface area contributed by atoms with E-state index in [0.29, 0.717) is 24.8 Å². The van der Waals surface area contributed by atoms with E-state index >= 15 is 0 Å². The fourth-order valence-corrected chi connectivity index (χ4v) is 3.34. The van der Waals surface area contributed by atoms with E-state index in [1.54, 1.807) is 7.11 Å². The highest BCUT2D eigenvalue weighted by molar-refractivity contribution is 5.01. The van der Waals surface area contributed by atoms with Crippen LogP contribution in [0.5, 0.6) is 0 Å². The molecule has 1 spiro atoms. The lowest BCUT2D eigenvalue weighted by Gasteiger charge is -2.47. The van der Waals surface area contributed by atoms with E-state index in [1.165, 1.54) is 25.7 Å². The van der Waals surface area contributed by atoms with E-state index in [0.717, 1.165) is 26.2 Å². The first-order chi connectivity index (χ1) is 8.77. The molecule has 0 aromatic carbocycles. The van der Waals surface area contributed by atoms with Crippen LogP contribution in [0.25, 0.3) is 0 Å². The summed E-state index contributed by atoms with van der Waals surface area (Å²) >= 11 is 0. The first-order valence-electron chi connectivity index (χ1n) is 7.32. The highest BCUT2D eigenvalue weighted by atomic mass is 16.5. The highest BCUT2D eigenvalue weighted by Crippen LogP contribution is 2.36. The van der Waals surface area contributed by atoms with Crippen molar-refractivity contribution in [2.75, 3.05) is 46.6 Å². The van der Waals surface area contributed by atoms with Gasteiger partial charge < -0.3 is 14.8 Å². The van der Waals surface area contributed by atoms with Gasteiger partial charge in [0.25, 0.3) is 0 Å². The van der Waals surface area contributed by atoms with Crippen molar-refractivity contribution in [3.8, 4) is 0 Å². The molecular formula is C14H28N2O2. The summed E-state index contributed by atoms with van der Waals surface area (Å²) in [5.41, 5.74) is 0.428. The Hall–Kier alpha value is -0.160. The second kappa shape index (κ2) is 6.85. The number of ether oxygens (including phenoxy) is 2. The molecule has 1 aliphatic carbocycles. The first kappa shape index (κ1) is 14.3. The molecule has 1 atom stereocenters. The number of piperazine rings is 1. The molecule has 0 radical (unpaired) electrons. The van der Waals surface area contributed by atoms with E-state index in [1.807, 2.05) is 0 Å². The predicted octanol–water partition coefficient (Wildman–Crippen LogP) is 1.26. The number of methoxy groups -OCH3 is 1. The summed E-state index contributed by atoms with van der Waals surface area (Å²) in [6.45, 7) is 7.91. The molecule has 2 aliphatic rings. The molecule has 1 saturated heterocycles. The maximum absolute atomic E-state index is 5.63. The Labute approximate surface area is 111 Å². The molecule has 4 nitrogen and oxygen atoms in total. The van der Waals surface area contributed by atoms with Crippen molar-refractivity contribution in [2.24, 2.45) is 0 Å². The number of nitrogens with one attached hydrogen (secondary N) is 1. The molecule has 1 saturated carbocycles. The van der Waals surface area contributed by atoms with Crippen LogP contribution in [0.4, 0.5) is 0 Å². The third-order valence-electron chi connectivity index (χ3n) is 4.42. The van der Waals surface area contributed by atoms with Crippen LogP contribution in [-0.2, 0) is 9.47 Å². The van der Waals surface area contributed by atoms with Crippen molar-refractivity contribution in [2.45, 2.75) is 44.2 Å². The second-order valence-electron chi connectivity index (χ2n) is 5.76. The number of hydrogen-bond donors (Lipinski definition) is 1. The summed E-state index contributed by atoms with van der Waals surface area (Å²) < 4.78 is 10.6. The lowest BCUT2D eigenvalue weighted by molar-refractivity contribution is 0.00541. The van der Waals surface area contributed by atoms with Crippen LogP contribution >= 0.6 is 0 Å². The molecule has 1 unspecified atom stereocenters. The topological polar surface area (TPSA) is 33.7 Å². The largest absolute Gasteiger partial charge is 0.382 e. The Kier molecular flexibility index (Phi) is 5.42. The Morgan fingerprint density at radius 1 is 1.22 bits per heavy atom. The van der Waals surface area contributed by atoms with Crippen LogP contribution in [-0.4, -0.2) is 63.0 Å². The van der Waals surface area contributed by atoms with Gasteiger partial charge in [-0.2, -0.15) is 0 Å². The molecule has 2 rings (SSSR count). The van der Waals surface area contributed by atoms with E-state index in [2.05, 4.69) is 17.1 Å². The van der Waals surface area contributed by atoms with Gasteiger partial charge in [0.1, 0.15) is 0 Å². The summed E-state index contributed by atoms with van der Waals surface area (Å²) in [5.74, 6) is 0. The average molecular weight is 256 g/mol. The molecule has 0 amide bonds. The molecule has 106 valence electrons. The van der Waals surface area contributed by atoms with Crippen molar-refractivity contribution in [1.29, 1.82) is 0 Å². The van der Waals surface area contributed by atoms with Crippen LogP contribution in [0.3, 0.4) is 0 Å². The molecule has 1 heterocycles. The van der Waals surface area contributed by atoms with E-state index < -0.39 is 0 Å². The number of rotatable bonds is 6. The van der Waals surface area contributed by atoms with Crippen molar-refractivity contribution < 1.29 is 9.47 Å². The number of hydrogen-bond acceptors (Lipinski definition) is 4. The smallest absolute Gasteiger partial charge is 0.0700 e. The summed E-state index contributed by atoms with van der Waals surface area (Å²) in [6.07, 6.45) is 5.48. The average Bonchev–Trinajstić information content (AvgIpc) is 2.83. The van der Waals surface area contributed by atoms with Gasteiger partial charge in [0.15, 0.2) is 0 Å². The Morgan fingerprint density at radius 3 is 2.72 bits per heavy atom. The summed E-state index contributed by atoms with van der Waals surface area (Å²) in [4.78, 5) is 2.67. The van der Waals surface area contributed by atoms with Gasteiger partial charge in [-0.1, -0.05) is 12.8 Å². The highest BCUT2D eigenvalue weighted by Gasteiger charge is 2.42. The van der Waals surface area contributed by atoms with Gasteiger partial charge >= 0.3 is 0 Å². The van der Waals surface area contributed by atoms with Crippen LogP contribution in [0.15, 0.2) is 0 Å². The van der Waals surface area contributed by atoms with Gasteiger partial charge in [-0.05, 0) is 19.8 Å². The maximum Gasteiger partial charge on any atom is 0.0700 e. The van der Waals surface area contributed by atoms with Gasteiger partial charge in [0.2, 0.25) is 0 Å². The lowest BCUT2D eigenvalue weighted by atomic mass is 9.91. The van der Waals surface area contributed by atoms with E-state index in [9.17, 15) is 0 Å². The zero-order chi connectivity index (χ0) is 12.8. The Balaban J connectivity index is 1.78. The zero-order valence-corrected chi connectivity index (χ0v) is 11.9. The molecular weight excluding hydrogens is 228 g/mol. The molecule has 0 aromatic rings. The summed E-state index contributed by atoms with van der Waals surface area (Å²) in [5, 5.41) is 3.65. The normalized spacial score (nSPS) is 28.0. The molecule has 0 aromatic heterocycles. The maximum atomic E-state index is 5.63. The monoisotopic (exact) mass is 256 g/mol. The van der Waals surface area contributed by atoms with Gasteiger partial charge in [0, 0.05) is 38.3 Å². The second-order valence-corrected chi connectivity index (χ2v) is 5.76. The fraction of sp³-hybridized carbons (Fsp3) is 1.00. The van der Waals surface area contributed by atoms with Crippen molar-refractivity contribution in [1.82, 2.24) is 10.2 Å². The minimum Gasteiger partial charge on any atom is -0.382 e. The van der Waals surface area contributed by atoms with E-state index in [4.69, 9.17) is 9.47 Å². The molecule has 1 N–H and O–H groups in total. The number of nitrogens with zero attached hydrogens (tertiary/aromatic N) is 1. The SMILES string of the molecule is COCCOCCN1CC(C)NCC12CCCC2. The third-order valence-corrected chi connectivity index (χ3v) is 4.42. The molecule has 0 bridgehead atoms. The Morgan fingerprint density at radius 2 is 2.00 bits per heavy atom. The van der Waals surface area contributed by atoms with Crippen molar-refractivity contribution >= 4 is 0 Å². The Bertz CT molecular complexity index is 242. The molecule has 2 fully saturated rings. The lowest BCUT2D eigenvalue weighted by Crippen LogP contribution is -2.63. The van der Waals surface area contributed by atoms with Crippen LogP contribution < -0.4 is 5.32 Å². The molecule has 4 heteroatoms. The van der Waals surface area contributed by atoms with Gasteiger partial charge in [-0.25, -0.2) is 0 Å². The minimum atomic E-state index is 0.428. The van der Waals surface area contributed by atoms with Crippen LogP contribution in [0.1, 0.15) is 32.6 Å². The predicted molar refractivity (Wildman–Crippen MR) is 72.9 cm³/mol. The zero-order valence-electron chi connectivity index (χ0n) is 11.9. The van der Waals surface area contributed by atoms with E-state index in [-0.39, 0.29) is 0 Å². The molecule has 18 heavy (non-hydrogen) atoms. The quantitative estimate of drug-likeness (QED) is 0.725. The van der Waals surface area contributed by atoms with Crippen molar-refractivity contribution in [3.05, 3.63) is 0 Å². The standard InChI is InChI=1S/C14H28N2O2/c1-13-11-16(7-8-18-10-9-17-2)14(12-15-13)5-3-4-6-14/h13,15H,3-12H2,1-2H3. The first-order valence-corrected chi connectivity index (χ1v) is 7.32. The van der Waals surface area contributed by atoms with Crippen molar-refractivity contribution in [3.63, 3.8) is 0 Å². The van der Waals surface area contributed by atoms with Crippen LogP contribution in [0.2, 0.25) is 0 Å². The van der Waals surface area contributed by atoms with Gasteiger partial charge in [-0.3, -0.25) is 4.90 Å². The van der Waals surface area contributed by atoms with Gasteiger partial charge in [0.05, 0.1) is 19.8 Å². The molecule has 1 aliphatic heterocycles. The minimum absolute atomic E-state index is 0.428. The summed E-state index contributed by atoms with van der Waals surface area (Å²) in [6, 6.07) is 0.607. The summed E-state index contributed by atoms with van der Waals surface area (Å²) in [7, 11) is 1.72.